The predicted octanol–water partition coefficient (Wildman–Crippen LogP) is 3.63. The number of aromatic nitrogens is 2. The third kappa shape index (κ3) is 6.48. The molecule has 1 aliphatic heterocycles. The third-order valence-corrected chi connectivity index (χ3v) is 4.76. The Bertz CT molecular complexity index is 814. The van der Waals surface area contributed by atoms with Gasteiger partial charge in [-0.15, -0.1) is 24.0 Å². The Balaban J connectivity index is 0.00000300. The second kappa shape index (κ2) is 11.6. The van der Waals surface area contributed by atoms with Gasteiger partial charge in [-0.05, 0) is 26.0 Å². The molecular formula is C20H29ClIN5O2. The summed E-state index contributed by atoms with van der Waals surface area (Å²) in [5.74, 6) is 1.65. The van der Waals surface area contributed by atoms with Crippen molar-refractivity contribution in [1.29, 1.82) is 0 Å². The zero-order valence-electron chi connectivity index (χ0n) is 17.1. The van der Waals surface area contributed by atoms with Crippen LogP contribution < -0.4 is 10.1 Å². The molecule has 2 aromatic rings. The van der Waals surface area contributed by atoms with E-state index < -0.39 is 0 Å². The Morgan fingerprint density at radius 2 is 2.24 bits per heavy atom. The van der Waals surface area contributed by atoms with Crippen LogP contribution in [-0.4, -0.2) is 53.5 Å². The number of morpholine rings is 1. The van der Waals surface area contributed by atoms with E-state index in [0.717, 1.165) is 42.5 Å². The number of guanidine groups is 1. The van der Waals surface area contributed by atoms with Crippen molar-refractivity contribution < 1.29 is 9.47 Å². The first-order chi connectivity index (χ1) is 13.6. The van der Waals surface area contributed by atoms with Crippen LogP contribution in [0.15, 0.2) is 35.6 Å². The maximum absolute atomic E-state index is 6.11. The van der Waals surface area contributed by atoms with Crippen molar-refractivity contribution in [2.45, 2.75) is 26.5 Å². The van der Waals surface area contributed by atoms with Crippen molar-refractivity contribution in [1.82, 2.24) is 20.0 Å². The molecule has 0 spiro atoms. The van der Waals surface area contributed by atoms with E-state index in [1.165, 1.54) is 0 Å². The smallest absolute Gasteiger partial charge is 0.194 e. The van der Waals surface area contributed by atoms with Gasteiger partial charge >= 0.3 is 0 Å². The summed E-state index contributed by atoms with van der Waals surface area (Å²) < 4.78 is 13.5. The number of rotatable bonds is 6. The first-order valence-electron chi connectivity index (χ1n) is 9.65. The highest BCUT2D eigenvalue weighted by Gasteiger charge is 2.25. The number of hydrogen-bond donors (Lipinski definition) is 1. The van der Waals surface area contributed by atoms with Gasteiger partial charge in [0.2, 0.25) is 0 Å². The van der Waals surface area contributed by atoms with E-state index in [0.29, 0.717) is 24.8 Å². The average Bonchev–Trinajstić information content (AvgIpc) is 3.13. The lowest BCUT2D eigenvalue weighted by molar-refractivity contribution is -0.00805. The minimum atomic E-state index is -0.0131. The van der Waals surface area contributed by atoms with Crippen molar-refractivity contribution in [2.75, 3.05) is 32.8 Å². The Hall–Kier alpha value is -1.52. The molecule has 7 nitrogen and oxygen atoms in total. The van der Waals surface area contributed by atoms with Crippen LogP contribution in [0, 0.1) is 0 Å². The molecule has 9 heteroatoms. The van der Waals surface area contributed by atoms with Gasteiger partial charge in [0, 0.05) is 42.5 Å². The van der Waals surface area contributed by atoms with Gasteiger partial charge in [0.25, 0.3) is 0 Å². The summed E-state index contributed by atoms with van der Waals surface area (Å²) in [5.41, 5.74) is 2.10. The number of hydrogen-bond acceptors (Lipinski definition) is 4. The fraction of sp³-hybridized carbons (Fsp3) is 0.500. The van der Waals surface area contributed by atoms with Gasteiger partial charge < -0.3 is 19.7 Å². The maximum atomic E-state index is 6.11. The van der Waals surface area contributed by atoms with E-state index in [2.05, 4.69) is 22.2 Å². The van der Waals surface area contributed by atoms with Gasteiger partial charge in [-0.1, -0.05) is 17.7 Å². The van der Waals surface area contributed by atoms with E-state index in [4.69, 9.17) is 26.1 Å². The minimum absolute atomic E-state index is 0. The lowest BCUT2D eigenvalue weighted by Crippen LogP contribution is -2.48. The molecule has 0 aliphatic carbocycles. The fourth-order valence-electron chi connectivity index (χ4n) is 3.18. The van der Waals surface area contributed by atoms with Gasteiger partial charge in [0.1, 0.15) is 11.9 Å². The molecule has 1 saturated heterocycles. The minimum Gasteiger partial charge on any atom is -0.493 e. The first kappa shape index (κ1) is 23.8. The Labute approximate surface area is 194 Å². The molecule has 0 bridgehead atoms. The number of halogens is 2. The average molecular weight is 534 g/mol. The molecule has 3 rings (SSSR count). The normalized spacial score (nSPS) is 17.0. The van der Waals surface area contributed by atoms with E-state index in [-0.39, 0.29) is 30.1 Å². The molecule has 1 aromatic carbocycles. The van der Waals surface area contributed by atoms with Crippen molar-refractivity contribution in [2.24, 2.45) is 12.0 Å². The molecule has 1 aromatic heterocycles. The number of nitrogens with one attached hydrogen (secondary N) is 1. The van der Waals surface area contributed by atoms with Crippen LogP contribution in [0.25, 0.3) is 0 Å². The van der Waals surface area contributed by atoms with E-state index in [1.54, 1.807) is 4.68 Å². The molecule has 1 unspecified atom stereocenters. The van der Waals surface area contributed by atoms with Crippen molar-refractivity contribution >= 4 is 41.5 Å². The lowest BCUT2D eigenvalue weighted by atomic mass is 10.1. The molecule has 0 saturated carbocycles. The van der Waals surface area contributed by atoms with Gasteiger partial charge in [0.05, 0.1) is 32.5 Å². The van der Waals surface area contributed by atoms with Gasteiger partial charge in [-0.3, -0.25) is 4.68 Å². The Morgan fingerprint density at radius 3 is 2.93 bits per heavy atom. The van der Waals surface area contributed by atoms with E-state index in [9.17, 15) is 0 Å². The number of nitrogens with zero attached hydrogens (tertiary/aromatic N) is 4. The summed E-state index contributed by atoms with van der Waals surface area (Å²) in [7, 11) is 1.91. The highest BCUT2D eigenvalue weighted by atomic mass is 127. The Kier molecular flexibility index (Phi) is 9.51. The Morgan fingerprint density at radius 1 is 1.41 bits per heavy atom. The SMILES string of the molecule is CCNC(=NCc1ccc(Cl)cc1OCC)N1CCOC(c2cnn(C)c2)C1.I. The zero-order valence-corrected chi connectivity index (χ0v) is 20.2. The van der Waals surface area contributed by atoms with Gasteiger partial charge in [-0.25, -0.2) is 4.99 Å². The number of ether oxygens (including phenoxy) is 2. The molecule has 1 atom stereocenters. The highest BCUT2D eigenvalue weighted by Crippen LogP contribution is 2.25. The summed E-state index contributed by atoms with van der Waals surface area (Å²) in [6.07, 6.45) is 3.85. The van der Waals surface area contributed by atoms with E-state index >= 15 is 0 Å². The summed E-state index contributed by atoms with van der Waals surface area (Å²) >= 11 is 6.11. The van der Waals surface area contributed by atoms with E-state index in [1.807, 2.05) is 44.6 Å². The van der Waals surface area contributed by atoms with Crippen LogP contribution in [0.1, 0.15) is 31.1 Å². The third-order valence-electron chi connectivity index (χ3n) is 4.53. The van der Waals surface area contributed by atoms with Gasteiger partial charge in [0.15, 0.2) is 5.96 Å². The van der Waals surface area contributed by atoms with Crippen molar-refractivity contribution in [3.8, 4) is 5.75 Å². The largest absolute Gasteiger partial charge is 0.493 e. The molecular weight excluding hydrogens is 505 g/mol. The van der Waals surface area contributed by atoms with Crippen LogP contribution in [-0.2, 0) is 18.3 Å². The predicted molar refractivity (Wildman–Crippen MR) is 126 cm³/mol. The van der Waals surface area contributed by atoms with Crippen molar-refractivity contribution in [3.63, 3.8) is 0 Å². The molecule has 0 amide bonds. The topological polar surface area (TPSA) is 63.9 Å². The van der Waals surface area contributed by atoms with Crippen LogP contribution in [0.3, 0.4) is 0 Å². The maximum Gasteiger partial charge on any atom is 0.194 e. The van der Waals surface area contributed by atoms with Gasteiger partial charge in [-0.2, -0.15) is 5.10 Å². The number of benzene rings is 1. The summed E-state index contributed by atoms with van der Waals surface area (Å²) in [4.78, 5) is 7.08. The summed E-state index contributed by atoms with van der Waals surface area (Å²) in [5, 5.41) is 8.31. The molecule has 160 valence electrons. The standard InChI is InChI=1S/C20H28ClN5O2.HI/c1-4-22-20(23-11-15-6-7-17(21)10-18(15)27-5-2)26-8-9-28-19(14-26)16-12-24-25(3)13-16;/h6-7,10,12-13,19H,4-5,8-9,11,14H2,1-3H3,(H,22,23);1H. The monoisotopic (exact) mass is 533 g/mol. The molecule has 2 heterocycles. The second-order valence-electron chi connectivity index (χ2n) is 6.61. The quantitative estimate of drug-likeness (QED) is 0.349. The molecule has 0 radical (unpaired) electrons. The number of aliphatic imine (C=N–C) groups is 1. The van der Waals surface area contributed by atoms with Crippen LogP contribution in [0.4, 0.5) is 0 Å². The second-order valence-corrected chi connectivity index (χ2v) is 7.04. The summed E-state index contributed by atoms with van der Waals surface area (Å²) in [6, 6.07) is 5.68. The molecule has 29 heavy (non-hydrogen) atoms. The zero-order chi connectivity index (χ0) is 19.9. The van der Waals surface area contributed by atoms with Crippen LogP contribution >= 0.6 is 35.6 Å². The highest BCUT2D eigenvalue weighted by molar-refractivity contribution is 14.0. The first-order valence-corrected chi connectivity index (χ1v) is 10.0. The fourth-order valence-corrected chi connectivity index (χ4v) is 3.35. The van der Waals surface area contributed by atoms with Crippen LogP contribution in [0.5, 0.6) is 5.75 Å². The molecule has 1 aliphatic rings. The van der Waals surface area contributed by atoms with Crippen LogP contribution in [0.2, 0.25) is 5.02 Å². The molecule has 1 fully saturated rings. The van der Waals surface area contributed by atoms with Crippen molar-refractivity contribution in [3.05, 3.63) is 46.7 Å². The lowest BCUT2D eigenvalue weighted by Gasteiger charge is -2.34. The number of aryl methyl sites for hydroxylation is 1. The molecule has 1 N–H and O–H groups in total. The summed E-state index contributed by atoms with van der Waals surface area (Å²) in [6.45, 7) is 8.11.